The molecule has 7 nitrogen and oxygen atoms in total. The SMILES string of the molecule is CC(C)=NOc1ncc(NS(=O)(=O)C2CC2)c(Nc2ccc(Br)cc2F)c1F. The summed E-state index contributed by atoms with van der Waals surface area (Å²) in [5, 5.41) is 5.69. The van der Waals surface area contributed by atoms with Gasteiger partial charge in [-0.15, -0.1) is 0 Å². The second-order valence-corrected chi connectivity index (χ2v) is 9.27. The van der Waals surface area contributed by atoms with E-state index in [1.165, 1.54) is 12.1 Å². The van der Waals surface area contributed by atoms with E-state index < -0.39 is 32.8 Å². The predicted molar refractivity (Wildman–Crippen MR) is 107 cm³/mol. The number of rotatable bonds is 7. The Balaban J connectivity index is 2.03. The molecule has 2 aromatic rings. The van der Waals surface area contributed by atoms with Gasteiger partial charge in [-0.1, -0.05) is 21.1 Å². The zero-order valence-electron chi connectivity index (χ0n) is 15.0. The zero-order valence-corrected chi connectivity index (χ0v) is 17.4. The Bertz CT molecular complexity index is 1040. The number of nitrogens with zero attached hydrogens (tertiary/aromatic N) is 2. The van der Waals surface area contributed by atoms with Gasteiger partial charge in [0.25, 0.3) is 5.88 Å². The molecule has 28 heavy (non-hydrogen) atoms. The van der Waals surface area contributed by atoms with Gasteiger partial charge in [0.2, 0.25) is 15.8 Å². The van der Waals surface area contributed by atoms with Crippen LogP contribution in [0.15, 0.2) is 34.0 Å². The zero-order chi connectivity index (χ0) is 20.5. The van der Waals surface area contributed by atoms with Gasteiger partial charge in [0.05, 0.1) is 28.5 Å². The van der Waals surface area contributed by atoms with Crippen LogP contribution in [0, 0.1) is 11.6 Å². The van der Waals surface area contributed by atoms with E-state index in [0.29, 0.717) is 23.0 Å². The van der Waals surface area contributed by atoms with Crippen LogP contribution in [0.2, 0.25) is 0 Å². The van der Waals surface area contributed by atoms with Crippen LogP contribution in [0.4, 0.5) is 25.8 Å². The molecular weight excluding hydrogens is 458 g/mol. The molecular formula is C17H17BrF2N4O3S. The summed E-state index contributed by atoms with van der Waals surface area (Å²) in [5.74, 6) is -2.15. The van der Waals surface area contributed by atoms with Crippen molar-refractivity contribution in [1.82, 2.24) is 4.98 Å². The Morgan fingerprint density at radius 3 is 2.61 bits per heavy atom. The number of anilines is 3. The number of aromatic nitrogens is 1. The summed E-state index contributed by atoms with van der Waals surface area (Å²) in [6.45, 7) is 3.29. The number of pyridine rings is 1. The molecule has 1 aromatic carbocycles. The summed E-state index contributed by atoms with van der Waals surface area (Å²) in [4.78, 5) is 8.73. The molecule has 0 aliphatic heterocycles. The fourth-order valence-electron chi connectivity index (χ4n) is 2.21. The highest BCUT2D eigenvalue weighted by atomic mass is 79.9. The van der Waals surface area contributed by atoms with Crippen LogP contribution in [0.25, 0.3) is 0 Å². The number of halogens is 3. The van der Waals surface area contributed by atoms with E-state index in [0.717, 1.165) is 6.20 Å². The highest BCUT2D eigenvalue weighted by Gasteiger charge is 2.36. The molecule has 0 spiro atoms. The van der Waals surface area contributed by atoms with Gasteiger partial charge >= 0.3 is 0 Å². The average molecular weight is 475 g/mol. The number of hydrogen-bond acceptors (Lipinski definition) is 6. The molecule has 0 bridgehead atoms. The Hall–Kier alpha value is -2.27. The Labute approximate surface area is 169 Å². The second kappa shape index (κ2) is 8.00. The molecule has 2 N–H and O–H groups in total. The van der Waals surface area contributed by atoms with Crippen molar-refractivity contribution >= 4 is 48.7 Å². The Kier molecular flexibility index (Phi) is 5.84. The normalized spacial score (nSPS) is 13.8. The third-order valence-corrected chi connectivity index (χ3v) is 6.06. The van der Waals surface area contributed by atoms with Crippen LogP contribution in [0.3, 0.4) is 0 Å². The quantitative estimate of drug-likeness (QED) is 0.453. The van der Waals surface area contributed by atoms with Crippen molar-refractivity contribution in [2.75, 3.05) is 10.0 Å². The minimum atomic E-state index is -3.69. The average Bonchev–Trinajstić information content (AvgIpc) is 3.44. The minimum Gasteiger partial charge on any atom is -0.349 e. The molecule has 0 atom stereocenters. The first-order valence-corrected chi connectivity index (χ1v) is 10.6. The topological polar surface area (TPSA) is 92.7 Å². The van der Waals surface area contributed by atoms with Crippen LogP contribution < -0.4 is 14.9 Å². The summed E-state index contributed by atoms with van der Waals surface area (Å²) >= 11 is 3.14. The molecule has 0 radical (unpaired) electrons. The molecule has 3 rings (SSSR count). The lowest BCUT2D eigenvalue weighted by molar-refractivity contribution is 0.308. The lowest BCUT2D eigenvalue weighted by Gasteiger charge is -2.16. The molecule has 1 aromatic heterocycles. The summed E-state index contributed by atoms with van der Waals surface area (Å²) in [6, 6.07) is 4.13. The maximum absolute atomic E-state index is 15.0. The Morgan fingerprint density at radius 2 is 2.00 bits per heavy atom. The van der Waals surface area contributed by atoms with Gasteiger partial charge in [-0.2, -0.15) is 4.39 Å². The molecule has 1 aliphatic carbocycles. The number of oxime groups is 1. The third-order valence-electron chi connectivity index (χ3n) is 3.71. The summed E-state index contributed by atoms with van der Waals surface area (Å²) < 4.78 is 56.5. The molecule has 150 valence electrons. The van der Waals surface area contributed by atoms with E-state index in [4.69, 9.17) is 4.84 Å². The van der Waals surface area contributed by atoms with Crippen molar-refractivity contribution < 1.29 is 22.0 Å². The monoisotopic (exact) mass is 474 g/mol. The van der Waals surface area contributed by atoms with E-state index in [1.807, 2.05) is 0 Å². The van der Waals surface area contributed by atoms with Crippen LogP contribution in [-0.2, 0) is 10.0 Å². The molecule has 0 saturated heterocycles. The smallest absolute Gasteiger partial charge is 0.287 e. The summed E-state index contributed by atoms with van der Waals surface area (Å²) in [5.41, 5.74) is -0.00913. The minimum absolute atomic E-state index is 0.0544. The third kappa shape index (κ3) is 4.76. The number of nitrogens with one attached hydrogen (secondary N) is 2. The molecule has 1 heterocycles. The van der Waals surface area contributed by atoms with Gasteiger partial charge in [0, 0.05) is 4.47 Å². The van der Waals surface area contributed by atoms with Crippen LogP contribution >= 0.6 is 15.9 Å². The van der Waals surface area contributed by atoms with E-state index in [-0.39, 0.29) is 17.1 Å². The van der Waals surface area contributed by atoms with Gasteiger partial charge in [-0.05, 0) is 44.9 Å². The van der Waals surface area contributed by atoms with E-state index >= 15 is 0 Å². The van der Waals surface area contributed by atoms with Crippen molar-refractivity contribution in [2.24, 2.45) is 5.16 Å². The molecule has 0 amide bonds. The van der Waals surface area contributed by atoms with Crippen molar-refractivity contribution in [3.8, 4) is 5.88 Å². The lowest BCUT2D eigenvalue weighted by Crippen LogP contribution is -2.19. The van der Waals surface area contributed by atoms with Crippen LogP contribution in [0.1, 0.15) is 26.7 Å². The van der Waals surface area contributed by atoms with Crippen molar-refractivity contribution in [2.45, 2.75) is 31.9 Å². The molecule has 1 fully saturated rings. The standard InChI is InChI=1S/C17H17BrF2N4O3S/c1-9(2)23-27-17-15(20)16(22-13-6-3-10(18)7-12(13)19)14(8-21-17)24-28(25,26)11-4-5-11/h3,6-8,11,24H,4-5H2,1-2H3,(H,21,22). The number of benzene rings is 1. The Morgan fingerprint density at radius 1 is 1.29 bits per heavy atom. The largest absolute Gasteiger partial charge is 0.349 e. The van der Waals surface area contributed by atoms with Crippen molar-refractivity contribution in [3.05, 3.63) is 40.5 Å². The van der Waals surface area contributed by atoms with E-state index in [9.17, 15) is 17.2 Å². The maximum atomic E-state index is 15.0. The summed E-state index contributed by atoms with van der Waals surface area (Å²) in [7, 11) is -3.69. The number of hydrogen-bond donors (Lipinski definition) is 2. The van der Waals surface area contributed by atoms with Crippen LogP contribution in [0.5, 0.6) is 5.88 Å². The van der Waals surface area contributed by atoms with Crippen LogP contribution in [-0.4, -0.2) is 24.4 Å². The summed E-state index contributed by atoms with van der Waals surface area (Å²) in [6.07, 6.45) is 2.15. The van der Waals surface area contributed by atoms with Gasteiger partial charge in [0.1, 0.15) is 11.5 Å². The van der Waals surface area contributed by atoms with Crippen molar-refractivity contribution in [3.63, 3.8) is 0 Å². The lowest BCUT2D eigenvalue weighted by atomic mass is 10.2. The van der Waals surface area contributed by atoms with Gasteiger partial charge in [-0.3, -0.25) is 4.72 Å². The molecule has 1 saturated carbocycles. The van der Waals surface area contributed by atoms with Gasteiger partial charge in [-0.25, -0.2) is 17.8 Å². The van der Waals surface area contributed by atoms with Crippen molar-refractivity contribution in [1.29, 1.82) is 0 Å². The molecule has 11 heteroatoms. The first-order chi connectivity index (χ1) is 13.2. The first kappa shape index (κ1) is 20.5. The second-order valence-electron chi connectivity index (χ2n) is 6.39. The fraction of sp³-hybridized carbons (Fsp3) is 0.294. The number of sulfonamides is 1. The molecule has 1 aliphatic rings. The van der Waals surface area contributed by atoms with Gasteiger partial charge in [0.15, 0.2) is 0 Å². The van der Waals surface area contributed by atoms with Gasteiger partial charge < -0.3 is 10.2 Å². The fourth-order valence-corrected chi connectivity index (χ4v) is 3.93. The molecule has 0 unspecified atom stereocenters. The highest BCUT2D eigenvalue weighted by molar-refractivity contribution is 9.10. The van der Waals surface area contributed by atoms with E-state index in [1.54, 1.807) is 19.9 Å². The predicted octanol–water partition coefficient (Wildman–Crippen LogP) is 4.54. The van der Waals surface area contributed by atoms with E-state index in [2.05, 4.69) is 36.1 Å². The maximum Gasteiger partial charge on any atom is 0.287 e. The highest BCUT2D eigenvalue weighted by Crippen LogP contribution is 2.37. The first-order valence-electron chi connectivity index (χ1n) is 8.28.